The Bertz CT molecular complexity index is 411. The molecule has 1 aliphatic heterocycles. The number of β-amino-alcohol motifs (C(OH)–C–C–N with tert-alkyl or cyclic N) is 1. The number of rotatable bonds is 1. The zero-order valence-corrected chi connectivity index (χ0v) is 7.49. The molecule has 0 bridgehead atoms. The zero-order valence-electron chi connectivity index (χ0n) is 7.49. The molecule has 1 atom stereocenters. The number of hydrogen-bond acceptors (Lipinski definition) is 4. The van der Waals surface area contributed by atoms with Crippen LogP contribution in [0, 0.1) is 11.3 Å². The number of phenolic OH excluding ortho intramolecular Hbond substituents is 1. The van der Waals surface area contributed by atoms with Crippen LogP contribution >= 0.6 is 0 Å². The average Bonchev–Trinajstić information content (AvgIpc) is 2.46. The lowest BCUT2D eigenvalue weighted by Crippen LogP contribution is -2.27. The smallest absolute Gasteiger partial charge is 0.125 e. The zero-order chi connectivity index (χ0) is 10.2. The van der Waals surface area contributed by atoms with E-state index in [0.717, 1.165) is 0 Å². The first kappa shape index (κ1) is 8.85. The van der Waals surface area contributed by atoms with Crippen molar-refractivity contribution in [2.45, 2.75) is 12.0 Å². The second-order valence-electron chi connectivity index (χ2n) is 3.42. The first-order valence-corrected chi connectivity index (χ1v) is 4.33. The summed E-state index contributed by atoms with van der Waals surface area (Å²) in [4.78, 5) is 0. The maximum atomic E-state index is 10.1. The molecule has 1 aromatic carbocycles. The van der Waals surface area contributed by atoms with Gasteiger partial charge in [0.05, 0.1) is 18.1 Å². The molecule has 4 nitrogen and oxygen atoms in total. The lowest BCUT2D eigenvalue weighted by molar-refractivity contribution is 0.0609. The van der Waals surface area contributed by atoms with E-state index in [-0.39, 0.29) is 18.7 Å². The van der Waals surface area contributed by atoms with Crippen molar-refractivity contribution < 1.29 is 10.2 Å². The van der Waals surface area contributed by atoms with Gasteiger partial charge < -0.3 is 15.5 Å². The molecule has 0 saturated heterocycles. The van der Waals surface area contributed by atoms with Crippen LogP contribution in [0.25, 0.3) is 0 Å². The highest BCUT2D eigenvalue weighted by molar-refractivity contribution is 5.64. The van der Waals surface area contributed by atoms with Crippen LogP contribution in [-0.2, 0) is 5.60 Å². The second kappa shape index (κ2) is 2.89. The number of fused-ring (bicyclic) bond motifs is 1. The van der Waals surface area contributed by atoms with Gasteiger partial charge in [0.15, 0.2) is 0 Å². The highest BCUT2D eigenvalue weighted by Gasteiger charge is 2.38. The highest BCUT2D eigenvalue weighted by atomic mass is 16.3. The Hall–Kier alpha value is -1.73. The first-order chi connectivity index (χ1) is 6.67. The minimum Gasteiger partial charge on any atom is -0.507 e. The van der Waals surface area contributed by atoms with Crippen molar-refractivity contribution in [1.29, 1.82) is 5.26 Å². The SMILES string of the molecule is N#CC[C@@]1(O)CNc2cccc(O)c21. The van der Waals surface area contributed by atoms with Gasteiger partial charge in [-0.2, -0.15) is 5.26 Å². The molecule has 4 heteroatoms. The topological polar surface area (TPSA) is 76.3 Å². The van der Waals surface area contributed by atoms with Crippen LogP contribution in [0.15, 0.2) is 18.2 Å². The van der Waals surface area contributed by atoms with Crippen LogP contribution in [0.2, 0.25) is 0 Å². The Morgan fingerprint density at radius 1 is 1.57 bits per heavy atom. The molecule has 0 spiro atoms. The molecule has 1 aliphatic rings. The maximum absolute atomic E-state index is 10.1. The van der Waals surface area contributed by atoms with E-state index >= 15 is 0 Å². The summed E-state index contributed by atoms with van der Waals surface area (Å²) in [5.41, 5.74) is -0.126. The van der Waals surface area contributed by atoms with Gasteiger partial charge in [-0.3, -0.25) is 0 Å². The minimum absolute atomic E-state index is 0.0232. The molecule has 0 unspecified atom stereocenters. The fraction of sp³-hybridized carbons (Fsp3) is 0.300. The fourth-order valence-electron chi connectivity index (χ4n) is 1.79. The first-order valence-electron chi connectivity index (χ1n) is 4.33. The summed E-state index contributed by atoms with van der Waals surface area (Å²) in [5, 5.41) is 31.2. The van der Waals surface area contributed by atoms with Crippen molar-refractivity contribution in [2.75, 3.05) is 11.9 Å². The van der Waals surface area contributed by atoms with E-state index in [1.807, 2.05) is 6.07 Å². The Morgan fingerprint density at radius 3 is 3.07 bits per heavy atom. The normalized spacial score (nSPS) is 23.7. The van der Waals surface area contributed by atoms with Gasteiger partial charge in [0.1, 0.15) is 11.4 Å². The molecule has 0 saturated carbocycles. The molecule has 0 radical (unpaired) electrons. The Balaban J connectivity index is 2.53. The Labute approximate surface area is 81.4 Å². The summed E-state index contributed by atoms with van der Waals surface area (Å²) in [6.07, 6.45) is -0.0232. The van der Waals surface area contributed by atoms with Gasteiger partial charge in [0.2, 0.25) is 0 Å². The second-order valence-corrected chi connectivity index (χ2v) is 3.42. The molecule has 2 rings (SSSR count). The quantitative estimate of drug-likeness (QED) is 0.615. The van der Waals surface area contributed by atoms with Crippen LogP contribution < -0.4 is 5.32 Å². The van der Waals surface area contributed by atoms with E-state index in [2.05, 4.69) is 5.32 Å². The van der Waals surface area contributed by atoms with Crippen molar-refractivity contribution >= 4 is 5.69 Å². The highest BCUT2D eigenvalue weighted by Crippen LogP contribution is 2.42. The molecule has 72 valence electrons. The number of nitriles is 1. The molecule has 0 aromatic heterocycles. The molecule has 0 fully saturated rings. The molecule has 1 aromatic rings. The molecular formula is C10H10N2O2. The monoisotopic (exact) mass is 190 g/mol. The van der Waals surface area contributed by atoms with E-state index in [1.54, 1.807) is 12.1 Å². The number of phenols is 1. The van der Waals surface area contributed by atoms with Crippen LogP contribution in [0.1, 0.15) is 12.0 Å². The molecular weight excluding hydrogens is 180 g/mol. The van der Waals surface area contributed by atoms with Crippen LogP contribution in [0.5, 0.6) is 5.75 Å². The Kier molecular flexibility index (Phi) is 1.83. The van der Waals surface area contributed by atoms with E-state index in [0.29, 0.717) is 11.3 Å². The van der Waals surface area contributed by atoms with E-state index < -0.39 is 5.60 Å². The van der Waals surface area contributed by atoms with Gasteiger partial charge in [-0.05, 0) is 12.1 Å². The molecule has 3 N–H and O–H groups in total. The number of nitrogens with zero attached hydrogens (tertiary/aromatic N) is 1. The number of aromatic hydroxyl groups is 1. The lowest BCUT2D eigenvalue weighted by atomic mass is 9.92. The number of aliphatic hydroxyl groups is 1. The summed E-state index contributed by atoms with van der Waals surface area (Å²) < 4.78 is 0. The predicted molar refractivity (Wildman–Crippen MR) is 50.7 cm³/mol. The summed E-state index contributed by atoms with van der Waals surface area (Å²) in [5.74, 6) is 0.0326. The summed E-state index contributed by atoms with van der Waals surface area (Å²) in [6.45, 7) is 0.271. The van der Waals surface area contributed by atoms with Crippen LogP contribution in [0.4, 0.5) is 5.69 Å². The third-order valence-electron chi connectivity index (χ3n) is 2.45. The van der Waals surface area contributed by atoms with Crippen molar-refractivity contribution in [3.63, 3.8) is 0 Å². The molecule has 0 aliphatic carbocycles. The summed E-state index contributed by atoms with van der Waals surface area (Å²) in [7, 11) is 0. The predicted octanol–water partition coefficient (Wildman–Crippen LogP) is 0.919. The van der Waals surface area contributed by atoms with E-state index in [1.165, 1.54) is 6.07 Å². The number of anilines is 1. The molecule has 0 amide bonds. The van der Waals surface area contributed by atoms with Gasteiger partial charge in [0.25, 0.3) is 0 Å². The van der Waals surface area contributed by atoms with Gasteiger partial charge in [-0.15, -0.1) is 0 Å². The third kappa shape index (κ3) is 1.10. The molecule has 14 heavy (non-hydrogen) atoms. The average molecular weight is 190 g/mol. The van der Waals surface area contributed by atoms with Crippen molar-refractivity contribution in [3.8, 4) is 11.8 Å². The van der Waals surface area contributed by atoms with Crippen molar-refractivity contribution in [2.24, 2.45) is 0 Å². The number of nitrogens with one attached hydrogen (secondary N) is 1. The maximum Gasteiger partial charge on any atom is 0.125 e. The van der Waals surface area contributed by atoms with Crippen LogP contribution in [0.3, 0.4) is 0 Å². The summed E-state index contributed by atoms with van der Waals surface area (Å²) >= 11 is 0. The largest absolute Gasteiger partial charge is 0.507 e. The number of hydrogen-bond donors (Lipinski definition) is 3. The third-order valence-corrected chi connectivity index (χ3v) is 2.45. The number of benzene rings is 1. The van der Waals surface area contributed by atoms with Gasteiger partial charge in [0, 0.05) is 12.2 Å². The lowest BCUT2D eigenvalue weighted by Gasteiger charge is -2.19. The fourth-order valence-corrected chi connectivity index (χ4v) is 1.79. The van der Waals surface area contributed by atoms with E-state index in [4.69, 9.17) is 5.26 Å². The summed E-state index contributed by atoms with van der Waals surface area (Å²) in [6, 6.07) is 6.89. The van der Waals surface area contributed by atoms with Crippen LogP contribution in [-0.4, -0.2) is 16.8 Å². The molecule has 1 heterocycles. The Morgan fingerprint density at radius 2 is 2.36 bits per heavy atom. The van der Waals surface area contributed by atoms with Gasteiger partial charge in [-0.25, -0.2) is 0 Å². The van der Waals surface area contributed by atoms with Gasteiger partial charge in [-0.1, -0.05) is 6.07 Å². The standard InChI is InChI=1S/C10H10N2O2/c11-5-4-10(14)6-12-7-2-1-3-8(13)9(7)10/h1-3,12-14H,4,6H2/t10-/m1/s1. The van der Waals surface area contributed by atoms with Crippen molar-refractivity contribution in [3.05, 3.63) is 23.8 Å². The van der Waals surface area contributed by atoms with Gasteiger partial charge >= 0.3 is 0 Å². The van der Waals surface area contributed by atoms with E-state index in [9.17, 15) is 10.2 Å². The van der Waals surface area contributed by atoms with Crippen molar-refractivity contribution in [1.82, 2.24) is 0 Å². The minimum atomic E-state index is -1.25.